The molecule has 0 aromatic carbocycles. The Morgan fingerprint density at radius 2 is 2.08 bits per heavy atom. The molecule has 1 unspecified atom stereocenters. The van der Waals surface area contributed by atoms with E-state index in [2.05, 4.69) is 10.6 Å². The summed E-state index contributed by atoms with van der Waals surface area (Å²) in [5, 5.41) is 13.5. The zero-order valence-electron chi connectivity index (χ0n) is 7.72. The van der Waals surface area contributed by atoms with Gasteiger partial charge in [0.15, 0.2) is 0 Å². The zero-order valence-corrected chi connectivity index (χ0v) is 7.72. The Kier molecular flexibility index (Phi) is 4.86. The van der Waals surface area contributed by atoms with Gasteiger partial charge in [-0.3, -0.25) is 0 Å². The van der Waals surface area contributed by atoms with Gasteiger partial charge in [0, 0.05) is 6.54 Å². The fourth-order valence-electron chi connectivity index (χ4n) is 0.577. The van der Waals surface area contributed by atoms with Gasteiger partial charge in [0.25, 0.3) is 0 Å². The molecule has 0 spiro atoms. The number of carbonyl (C=O) groups is 1. The SMILES string of the molecule is CC(C)CNC(=O)NC(C)C#N. The van der Waals surface area contributed by atoms with Crippen LogP contribution >= 0.6 is 0 Å². The maximum Gasteiger partial charge on any atom is 0.315 e. The summed E-state index contributed by atoms with van der Waals surface area (Å²) in [7, 11) is 0. The first-order chi connectivity index (χ1) is 5.56. The number of carbonyl (C=O) groups excluding carboxylic acids is 1. The topological polar surface area (TPSA) is 64.9 Å². The highest BCUT2D eigenvalue weighted by atomic mass is 16.2. The second kappa shape index (κ2) is 5.42. The smallest absolute Gasteiger partial charge is 0.315 e. The Hall–Kier alpha value is -1.24. The lowest BCUT2D eigenvalue weighted by Crippen LogP contribution is -2.41. The van der Waals surface area contributed by atoms with Gasteiger partial charge in [-0.05, 0) is 12.8 Å². The first-order valence-electron chi connectivity index (χ1n) is 4.00. The fourth-order valence-corrected chi connectivity index (χ4v) is 0.577. The fraction of sp³-hybridized carbons (Fsp3) is 0.750. The Morgan fingerprint density at radius 3 is 2.50 bits per heavy atom. The van der Waals surface area contributed by atoms with Gasteiger partial charge in [0.2, 0.25) is 0 Å². The molecule has 0 aliphatic heterocycles. The number of hydrogen-bond acceptors (Lipinski definition) is 2. The summed E-state index contributed by atoms with van der Waals surface area (Å²) in [6.45, 7) is 6.28. The molecular formula is C8H15N3O. The standard InChI is InChI=1S/C8H15N3O/c1-6(2)5-10-8(12)11-7(3)4-9/h6-7H,5H2,1-3H3,(H2,10,11,12). The molecule has 0 bridgehead atoms. The largest absolute Gasteiger partial charge is 0.338 e. The average Bonchev–Trinajstić information content (AvgIpc) is 2.00. The minimum absolute atomic E-state index is 0.280. The minimum Gasteiger partial charge on any atom is -0.338 e. The second-order valence-electron chi connectivity index (χ2n) is 3.10. The van der Waals surface area contributed by atoms with Gasteiger partial charge in [0.1, 0.15) is 6.04 Å². The lowest BCUT2D eigenvalue weighted by molar-refractivity contribution is 0.238. The number of nitrogens with one attached hydrogen (secondary N) is 2. The van der Waals surface area contributed by atoms with Crippen molar-refractivity contribution in [3.05, 3.63) is 0 Å². The highest BCUT2D eigenvalue weighted by Gasteiger charge is 2.04. The molecule has 0 aliphatic carbocycles. The normalized spacial score (nSPS) is 11.9. The van der Waals surface area contributed by atoms with E-state index in [0.29, 0.717) is 12.5 Å². The van der Waals surface area contributed by atoms with Crippen molar-refractivity contribution < 1.29 is 4.79 Å². The summed E-state index contributed by atoms with van der Waals surface area (Å²) in [4.78, 5) is 10.9. The van der Waals surface area contributed by atoms with Crippen molar-refractivity contribution in [2.24, 2.45) is 5.92 Å². The second-order valence-corrected chi connectivity index (χ2v) is 3.10. The molecule has 1 atom stereocenters. The molecule has 0 saturated heterocycles. The molecule has 0 radical (unpaired) electrons. The summed E-state index contributed by atoms with van der Waals surface area (Å²) < 4.78 is 0. The van der Waals surface area contributed by atoms with E-state index >= 15 is 0 Å². The zero-order chi connectivity index (χ0) is 9.56. The summed E-state index contributed by atoms with van der Waals surface area (Å²) in [5.74, 6) is 0.424. The Balaban J connectivity index is 3.55. The van der Waals surface area contributed by atoms with E-state index in [9.17, 15) is 4.79 Å². The molecule has 2 amide bonds. The molecular weight excluding hydrogens is 154 g/mol. The minimum atomic E-state index is -0.433. The van der Waals surface area contributed by atoms with Gasteiger partial charge in [0.05, 0.1) is 6.07 Å². The number of nitrogens with zero attached hydrogens (tertiary/aromatic N) is 1. The molecule has 0 aromatic rings. The van der Waals surface area contributed by atoms with Crippen LogP contribution in [-0.4, -0.2) is 18.6 Å². The molecule has 68 valence electrons. The molecule has 0 rings (SSSR count). The third kappa shape index (κ3) is 5.54. The van der Waals surface area contributed by atoms with Gasteiger partial charge in [-0.1, -0.05) is 13.8 Å². The van der Waals surface area contributed by atoms with Crippen molar-refractivity contribution >= 4 is 6.03 Å². The van der Waals surface area contributed by atoms with Crippen LogP contribution in [0.3, 0.4) is 0 Å². The number of urea groups is 1. The van der Waals surface area contributed by atoms with Crippen LogP contribution in [0.1, 0.15) is 20.8 Å². The van der Waals surface area contributed by atoms with Crippen molar-refractivity contribution in [3.8, 4) is 6.07 Å². The van der Waals surface area contributed by atoms with Gasteiger partial charge in [-0.2, -0.15) is 5.26 Å². The van der Waals surface area contributed by atoms with Crippen LogP contribution in [0.5, 0.6) is 0 Å². The van der Waals surface area contributed by atoms with Crippen molar-refractivity contribution in [2.75, 3.05) is 6.54 Å². The number of rotatable bonds is 3. The molecule has 0 aliphatic rings. The van der Waals surface area contributed by atoms with E-state index in [1.807, 2.05) is 19.9 Å². The number of amides is 2. The van der Waals surface area contributed by atoms with E-state index < -0.39 is 6.04 Å². The maximum atomic E-state index is 10.9. The van der Waals surface area contributed by atoms with Crippen LogP contribution in [0.25, 0.3) is 0 Å². The van der Waals surface area contributed by atoms with Crippen molar-refractivity contribution in [2.45, 2.75) is 26.8 Å². The molecule has 0 heterocycles. The van der Waals surface area contributed by atoms with Gasteiger partial charge in [-0.15, -0.1) is 0 Å². The highest BCUT2D eigenvalue weighted by Crippen LogP contribution is 1.86. The summed E-state index contributed by atoms with van der Waals surface area (Å²) >= 11 is 0. The average molecular weight is 169 g/mol. The van der Waals surface area contributed by atoms with Gasteiger partial charge >= 0.3 is 6.03 Å². The molecule has 4 heteroatoms. The van der Waals surface area contributed by atoms with Gasteiger partial charge < -0.3 is 10.6 Å². The van der Waals surface area contributed by atoms with Crippen molar-refractivity contribution in [1.29, 1.82) is 5.26 Å². The third-order valence-electron chi connectivity index (χ3n) is 1.21. The molecule has 0 fully saturated rings. The van der Waals surface area contributed by atoms with E-state index in [0.717, 1.165) is 0 Å². The summed E-state index contributed by atoms with van der Waals surface area (Å²) in [6, 6.07) is 1.20. The van der Waals surface area contributed by atoms with Gasteiger partial charge in [-0.25, -0.2) is 4.79 Å². The molecule has 12 heavy (non-hydrogen) atoms. The van der Waals surface area contributed by atoms with Crippen LogP contribution in [-0.2, 0) is 0 Å². The molecule has 0 aromatic heterocycles. The predicted molar refractivity (Wildman–Crippen MR) is 46.4 cm³/mol. The van der Waals surface area contributed by atoms with E-state index in [1.54, 1.807) is 6.92 Å². The van der Waals surface area contributed by atoms with Crippen LogP contribution in [0.15, 0.2) is 0 Å². The Morgan fingerprint density at radius 1 is 1.50 bits per heavy atom. The quantitative estimate of drug-likeness (QED) is 0.658. The summed E-state index contributed by atoms with van der Waals surface area (Å²) in [5.41, 5.74) is 0. The highest BCUT2D eigenvalue weighted by molar-refractivity contribution is 5.74. The van der Waals surface area contributed by atoms with Crippen LogP contribution in [0, 0.1) is 17.2 Å². The predicted octanol–water partition coefficient (Wildman–Crippen LogP) is 0.854. The lowest BCUT2D eigenvalue weighted by atomic mass is 10.2. The third-order valence-corrected chi connectivity index (χ3v) is 1.21. The number of hydrogen-bond donors (Lipinski definition) is 2. The maximum absolute atomic E-state index is 10.9. The van der Waals surface area contributed by atoms with Crippen LogP contribution in [0.2, 0.25) is 0 Å². The van der Waals surface area contributed by atoms with Crippen LogP contribution < -0.4 is 10.6 Å². The van der Waals surface area contributed by atoms with E-state index in [1.165, 1.54) is 0 Å². The van der Waals surface area contributed by atoms with E-state index in [-0.39, 0.29) is 6.03 Å². The Labute approximate surface area is 72.9 Å². The molecule has 4 nitrogen and oxygen atoms in total. The van der Waals surface area contributed by atoms with Crippen molar-refractivity contribution in [3.63, 3.8) is 0 Å². The number of nitriles is 1. The molecule has 2 N–H and O–H groups in total. The lowest BCUT2D eigenvalue weighted by Gasteiger charge is -2.09. The summed E-state index contributed by atoms with van der Waals surface area (Å²) in [6.07, 6.45) is 0. The van der Waals surface area contributed by atoms with Crippen molar-refractivity contribution in [1.82, 2.24) is 10.6 Å². The Bertz CT molecular complexity index is 183. The first-order valence-corrected chi connectivity index (χ1v) is 4.00. The monoisotopic (exact) mass is 169 g/mol. The molecule has 0 saturated carbocycles. The van der Waals surface area contributed by atoms with Crippen LogP contribution in [0.4, 0.5) is 4.79 Å². The van der Waals surface area contributed by atoms with E-state index in [4.69, 9.17) is 5.26 Å². The first kappa shape index (κ1) is 10.8.